The lowest BCUT2D eigenvalue weighted by molar-refractivity contribution is -0.140. The molecule has 0 unspecified atom stereocenters. The van der Waals surface area contributed by atoms with Gasteiger partial charge in [0, 0.05) is 30.1 Å². The zero-order valence-corrected chi connectivity index (χ0v) is 29.8. The minimum atomic E-state index is -4.38. The molecular formula is C37H42ClN3O7S. The van der Waals surface area contributed by atoms with Gasteiger partial charge in [0.25, 0.3) is 10.0 Å². The summed E-state index contributed by atoms with van der Waals surface area (Å²) in [4.78, 5) is 29.8. The highest BCUT2D eigenvalue weighted by molar-refractivity contribution is 7.92. The van der Waals surface area contributed by atoms with Crippen LogP contribution >= 0.6 is 11.6 Å². The quantitative estimate of drug-likeness (QED) is 0.149. The molecule has 0 aliphatic carbocycles. The number of methoxy groups -OCH3 is 2. The van der Waals surface area contributed by atoms with Gasteiger partial charge in [-0.1, -0.05) is 54.1 Å². The van der Waals surface area contributed by atoms with Crippen LogP contribution in [0.2, 0.25) is 5.02 Å². The van der Waals surface area contributed by atoms with Crippen LogP contribution in [0.3, 0.4) is 0 Å². The van der Waals surface area contributed by atoms with Gasteiger partial charge >= 0.3 is 0 Å². The summed E-state index contributed by atoms with van der Waals surface area (Å²) < 4.78 is 46.2. The molecule has 0 aromatic heterocycles. The molecule has 4 aromatic rings. The van der Waals surface area contributed by atoms with Gasteiger partial charge in [0.05, 0.1) is 31.4 Å². The number of nitrogens with one attached hydrogen (secondary N) is 1. The number of sulfonamides is 1. The van der Waals surface area contributed by atoms with Crippen LogP contribution in [0.5, 0.6) is 17.2 Å². The number of amides is 2. The number of carbonyl (C=O) groups is 2. The van der Waals surface area contributed by atoms with Crippen molar-refractivity contribution in [1.82, 2.24) is 10.2 Å². The summed E-state index contributed by atoms with van der Waals surface area (Å²) in [7, 11) is -1.52. The second kappa shape index (κ2) is 17.1. The molecule has 4 aromatic carbocycles. The first-order valence-electron chi connectivity index (χ1n) is 15.8. The molecule has 0 radical (unpaired) electrons. The molecule has 0 aliphatic rings. The van der Waals surface area contributed by atoms with Gasteiger partial charge in [-0.15, -0.1) is 0 Å². The summed E-state index contributed by atoms with van der Waals surface area (Å²) in [6.45, 7) is 5.32. The maximum absolute atomic E-state index is 14.6. The van der Waals surface area contributed by atoms with Crippen molar-refractivity contribution in [1.29, 1.82) is 0 Å². The van der Waals surface area contributed by atoms with E-state index in [1.807, 2.05) is 51.1 Å². The molecule has 0 aliphatic heterocycles. The molecule has 4 rings (SSSR count). The second-order valence-electron chi connectivity index (χ2n) is 11.5. The van der Waals surface area contributed by atoms with Crippen LogP contribution in [0.4, 0.5) is 5.69 Å². The van der Waals surface area contributed by atoms with Crippen LogP contribution in [0, 0.1) is 0 Å². The van der Waals surface area contributed by atoms with E-state index in [1.54, 1.807) is 48.5 Å². The van der Waals surface area contributed by atoms with E-state index in [2.05, 4.69) is 5.32 Å². The first-order valence-corrected chi connectivity index (χ1v) is 17.6. The van der Waals surface area contributed by atoms with E-state index >= 15 is 0 Å². The normalized spacial score (nSPS) is 11.8. The van der Waals surface area contributed by atoms with Crippen LogP contribution in [0.25, 0.3) is 0 Å². The Hall–Kier alpha value is -4.74. The Morgan fingerprint density at radius 3 is 2.12 bits per heavy atom. The molecule has 10 nitrogen and oxygen atoms in total. The van der Waals surface area contributed by atoms with Gasteiger partial charge in [-0.25, -0.2) is 8.42 Å². The van der Waals surface area contributed by atoms with Gasteiger partial charge in [0.2, 0.25) is 11.8 Å². The fourth-order valence-corrected chi connectivity index (χ4v) is 6.92. The number of rotatable bonds is 16. The van der Waals surface area contributed by atoms with E-state index < -0.39 is 28.5 Å². The van der Waals surface area contributed by atoms with Crippen molar-refractivity contribution in [2.45, 2.75) is 50.7 Å². The molecule has 49 heavy (non-hydrogen) atoms. The SMILES string of the molecule is CCOc1ccc(N(CC(=O)N(Cc2cccc(Cl)c2)[C@H](Cc2ccccc2)C(=O)NC(C)C)S(=O)(=O)c2ccc(OC)c(OC)c2)cc1. The number of carbonyl (C=O) groups excluding carboxylic acids is 2. The van der Waals surface area contributed by atoms with Crippen molar-refractivity contribution < 1.29 is 32.2 Å². The van der Waals surface area contributed by atoms with Gasteiger partial charge in [0.15, 0.2) is 11.5 Å². The molecule has 0 saturated carbocycles. The number of hydrogen-bond donors (Lipinski definition) is 1. The Kier molecular flexibility index (Phi) is 12.9. The number of nitrogens with zero attached hydrogens (tertiary/aromatic N) is 2. The summed E-state index contributed by atoms with van der Waals surface area (Å²) in [5, 5.41) is 3.41. The zero-order valence-electron chi connectivity index (χ0n) is 28.3. The Balaban J connectivity index is 1.84. The van der Waals surface area contributed by atoms with Crippen LogP contribution < -0.4 is 23.8 Å². The molecule has 12 heteroatoms. The van der Waals surface area contributed by atoms with Crippen LogP contribution in [-0.2, 0) is 32.6 Å². The number of halogens is 1. The second-order valence-corrected chi connectivity index (χ2v) is 13.8. The fourth-order valence-electron chi connectivity index (χ4n) is 5.27. The van der Waals surface area contributed by atoms with E-state index in [0.717, 1.165) is 9.87 Å². The third-order valence-corrected chi connectivity index (χ3v) is 9.61. The minimum Gasteiger partial charge on any atom is -0.494 e. The van der Waals surface area contributed by atoms with Gasteiger partial charge in [0.1, 0.15) is 18.3 Å². The van der Waals surface area contributed by atoms with Gasteiger partial charge in [-0.3, -0.25) is 13.9 Å². The molecule has 1 atom stereocenters. The molecule has 0 heterocycles. The number of benzene rings is 4. The average Bonchev–Trinajstić information content (AvgIpc) is 3.09. The molecule has 260 valence electrons. The fraction of sp³-hybridized carbons (Fsp3) is 0.297. The van der Waals surface area contributed by atoms with Crippen molar-refractivity contribution >= 4 is 39.1 Å². The van der Waals surface area contributed by atoms with Crippen LogP contribution in [0.15, 0.2) is 102 Å². The maximum atomic E-state index is 14.6. The van der Waals surface area contributed by atoms with Gasteiger partial charge in [-0.05, 0) is 80.4 Å². The third-order valence-electron chi connectivity index (χ3n) is 7.60. The largest absolute Gasteiger partial charge is 0.494 e. The van der Waals surface area contributed by atoms with Gasteiger partial charge < -0.3 is 24.4 Å². The summed E-state index contributed by atoms with van der Waals surface area (Å²) in [6, 6.07) is 25.8. The molecule has 0 bridgehead atoms. The Morgan fingerprint density at radius 1 is 0.837 bits per heavy atom. The highest BCUT2D eigenvalue weighted by Gasteiger charge is 2.35. The predicted octanol–water partition coefficient (Wildman–Crippen LogP) is 6.12. The van der Waals surface area contributed by atoms with Crippen molar-refractivity contribution in [3.8, 4) is 17.2 Å². The minimum absolute atomic E-state index is 0.00403. The Morgan fingerprint density at radius 2 is 1.51 bits per heavy atom. The lowest BCUT2D eigenvalue weighted by Gasteiger charge is -2.34. The van der Waals surface area contributed by atoms with E-state index in [-0.39, 0.29) is 41.2 Å². The monoisotopic (exact) mass is 707 g/mol. The highest BCUT2D eigenvalue weighted by Crippen LogP contribution is 2.33. The molecule has 0 fully saturated rings. The Labute approximate surface area is 293 Å². The predicted molar refractivity (Wildman–Crippen MR) is 191 cm³/mol. The molecular weight excluding hydrogens is 666 g/mol. The van der Waals surface area contributed by atoms with E-state index in [1.165, 1.54) is 37.3 Å². The standard InChI is InChI=1S/C37H42ClN3O7S/c1-6-48-31-17-15-30(16-18-31)41(49(44,45)32-19-20-34(46-4)35(23-32)47-5)25-36(42)40(24-28-13-10-14-29(38)21-28)33(37(43)39-26(2)3)22-27-11-8-7-9-12-27/h7-21,23,26,33H,6,22,24-25H2,1-5H3,(H,39,43)/t33-/m1/s1. The summed E-state index contributed by atoms with van der Waals surface area (Å²) >= 11 is 6.32. The average molecular weight is 708 g/mol. The first kappa shape index (κ1) is 37.1. The molecule has 0 saturated heterocycles. The molecule has 1 N–H and O–H groups in total. The molecule has 2 amide bonds. The number of hydrogen-bond acceptors (Lipinski definition) is 7. The number of anilines is 1. The van der Waals surface area contributed by atoms with E-state index in [9.17, 15) is 18.0 Å². The summed E-state index contributed by atoms with van der Waals surface area (Å²) in [6.07, 6.45) is 0.192. The summed E-state index contributed by atoms with van der Waals surface area (Å²) in [5.41, 5.74) is 1.73. The van der Waals surface area contributed by atoms with Gasteiger partial charge in [-0.2, -0.15) is 0 Å². The summed E-state index contributed by atoms with van der Waals surface area (Å²) in [5.74, 6) is 0.120. The van der Waals surface area contributed by atoms with Crippen molar-refractivity contribution in [3.63, 3.8) is 0 Å². The number of ether oxygens (including phenoxy) is 3. The first-order chi connectivity index (χ1) is 23.5. The third kappa shape index (κ3) is 9.67. The highest BCUT2D eigenvalue weighted by atomic mass is 35.5. The van der Waals surface area contributed by atoms with Crippen LogP contribution in [-0.4, -0.2) is 64.6 Å². The van der Waals surface area contributed by atoms with E-state index in [0.29, 0.717) is 28.7 Å². The maximum Gasteiger partial charge on any atom is 0.264 e. The lowest BCUT2D eigenvalue weighted by Crippen LogP contribution is -2.54. The Bertz CT molecular complexity index is 1820. The van der Waals surface area contributed by atoms with Crippen molar-refractivity contribution in [2.75, 3.05) is 31.7 Å². The topological polar surface area (TPSA) is 114 Å². The van der Waals surface area contributed by atoms with E-state index in [4.69, 9.17) is 25.8 Å². The van der Waals surface area contributed by atoms with Crippen molar-refractivity contribution in [3.05, 3.63) is 113 Å². The van der Waals surface area contributed by atoms with Crippen molar-refractivity contribution in [2.24, 2.45) is 0 Å². The van der Waals surface area contributed by atoms with Crippen LogP contribution in [0.1, 0.15) is 31.9 Å². The smallest absolute Gasteiger partial charge is 0.264 e. The molecule has 0 spiro atoms. The zero-order chi connectivity index (χ0) is 35.6. The lowest BCUT2D eigenvalue weighted by atomic mass is 10.0.